The van der Waals surface area contributed by atoms with Gasteiger partial charge >= 0.3 is 0 Å². The molecule has 1 heterocycles. The summed E-state index contributed by atoms with van der Waals surface area (Å²) in [5.74, 6) is 0.747. The number of carbonyl (C=O) groups excluding carboxylic acids is 2. The van der Waals surface area contributed by atoms with Gasteiger partial charge in [0, 0.05) is 32.5 Å². The summed E-state index contributed by atoms with van der Waals surface area (Å²) >= 11 is 0. The quantitative estimate of drug-likeness (QED) is 0.714. The second kappa shape index (κ2) is 11.8. The van der Waals surface area contributed by atoms with Crippen LogP contribution in [0.4, 0.5) is 0 Å². The molecule has 1 aliphatic rings. The molecule has 1 saturated heterocycles. The van der Waals surface area contributed by atoms with Gasteiger partial charge in [-0.25, -0.2) is 0 Å². The molecule has 0 saturated carbocycles. The second-order valence-corrected chi connectivity index (χ2v) is 5.42. The van der Waals surface area contributed by atoms with E-state index < -0.39 is 0 Å². The molecule has 2 amide bonds. The lowest BCUT2D eigenvalue weighted by molar-refractivity contribution is -0.133. The molecule has 1 aliphatic heterocycles. The van der Waals surface area contributed by atoms with Crippen LogP contribution in [0, 0.1) is 5.92 Å². The molecular weight excluding hydrogens is 290 g/mol. The molecule has 124 valence electrons. The molecule has 0 aromatic rings. The van der Waals surface area contributed by atoms with E-state index >= 15 is 0 Å². The Kier molecular flexibility index (Phi) is 11.4. The topological polar surface area (TPSA) is 61.4 Å². The summed E-state index contributed by atoms with van der Waals surface area (Å²) in [6.45, 7) is 8.26. The number of halogens is 1. The minimum absolute atomic E-state index is 0. The van der Waals surface area contributed by atoms with Crippen molar-refractivity contribution in [1.29, 1.82) is 0 Å². The SMILES string of the molecule is CCN(CC)C(=O)CCC(=O)NCCC1CCCNC1.Cl. The Bertz CT molecular complexity index is 303. The Morgan fingerprint density at radius 3 is 2.52 bits per heavy atom. The molecule has 21 heavy (non-hydrogen) atoms. The molecule has 1 fully saturated rings. The highest BCUT2D eigenvalue weighted by Crippen LogP contribution is 2.12. The fourth-order valence-electron chi connectivity index (χ4n) is 2.63. The fourth-order valence-corrected chi connectivity index (χ4v) is 2.63. The van der Waals surface area contributed by atoms with E-state index in [1.54, 1.807) is 4.90 Å². The third-order valence-electron chi connectivity index (χ3n) is 3.96. The van der Waals surface area contributed by atoms with E-state index in [4.69, 9.17) is 0 Å². The first-order valence-electron chi connectivity index (χ1n) is 7.92. The number of carbonyl (C=O) groups is 2. The van der Waals surface area contributed by atoms with E-state index in [1.807, 2.05) is 13.8 Å². The number of nitrogens with zero attached hydrogens (tertiary/aromatic N) is 1. The van der Waals surface area contributed by atoms with E-state index in [-0.39, 0.29) is 24.2 Å². The summed E-state index contributed by atoms with van der Waals surface area (Å²) in [5.41, 5.74) is 0. The highest BCUT2D eigenvalue weighted by atomic mass is 35.5. The first-order valence-corrected chi connectivity index (χ1v) is 7.92. The number of hydrogen-bond acceptors (Lipinski definition) is 3. The summed E-state index contributed by atoms with van der Waals surface area (Å²) in [6, 6.07) is 0. The van der Waals surface area contributed by atoms with Crippen LogP contribution in [-0.4, -0.2) is 49.4 Å². The van der Waals surface area contributed by atoms with Crippen LogP contribution in [0.5, 0.6) is 0 Å². The third-order valence-corrected chi connectivity index (χ3v) is 3.96. The summed E-state index contributed by atoms with van der Waals surface area (Å²) in [4.78, 5) is 25.2. The molecule has 0 aromatic carbocycles. The Morgan fingerprint density at radius 2 is 1.95 bits per heavy atom. The minimum atomic E-state index is -0.00530. The number of rotatable bonds is 8. The number of piperidine rings is 1. The van der Waals surface area contributed by atoms with Gasteiger partial charge in [0.15, 0.2) is 0 Å². The predicted octanol–water partition coefficient (Wildman–Crippen LogP) is 1.56. The molecule has 0 radical (unpaired) electrons. The monoisotopic (exact) mass is 319 g/mol. The second-order valence-electron chi connectivity index (χ2n) is 5.42. The van der Waals surface area contributed by atoms with Crippen LogP contribution in [0.2, 0.25) is 0 Å². The van der Waals surface area contributed by atoms with Crippen molar-refractivity contribution in [3.63, 3.8) is 0 Å². The third kappa shape index (κ3) is 8.27. The molecule has 2 N–H and O–H groups in total. The standard InChI is InChI=1S/C15H29N3O2.ClH/c1-3-18(4-2)15(20)8-7-14(19)17-11-9-13-6-5-10-16-12-13;/h13,16H,3-12H2,1-2H3,(H,17,19);1H. The van der Waals surface area contributed by atoms with Gasteiger partial charge < -0.3 is 15.5 Å². The molecule has 0 spiro atoms. The van der Waals surface area contributed by atoms with Crippen LogP contribution in [0.25, 0.3) is 0 Å². The normalized spacial score (nSPS) is 17.7. The van der Waals surface area contributed by atoms with E-state index in [1.165, 1.54) is 12.8 Å². The molecule has 0 bridgehead atoms. The van der Waals surface area contributed by atoms with Crippen molar-refractivity contribution in [3.8, 4) is 0 Å². The highest BCUT2D eigenvalue weighted by molar-refractivity contribution is 5.85. The molecule has 6 heteroatoms. The molecule has 5 nitrogen and oxygen atoms in total. The minimum Gasteiger partial charge on any atom is -0.356 e. The van der Waals surface area contributed by atoms with Gasteiger partial charge in [-0.15, -0.1) is 12.4 Å². The molecule has 0 aliphatic carbocycles. The van der Waals surface area contributed by atoms with Crippen LogP contribution < -0.4 is 10.6 Å². The maximum Gasteiger partial charge on any atom is 0.223 e. The van der Waals surface area contributed by atoms with Gasteiger partial charge in [0.2, 0.25) is 11.8 Å². The van der Waals surface area contributed by atoms with Crippen molar-refractivity contribution in [1.82, 2.24) is 15.5 Å². The zero-order valence-electron chi connectivity index (χ0n) is 13.3. The number of hydrogen-bond donors (Lipinski definition) is 2. The van der Waals surface area contributed by atoms with E-state index in [0.29, 0.717) is 31.8 Å². The number of nitrogens with one attached hydrogen (secondary N) is 2. The Hall–Kier alpha value is -0.810. The largest absolute Gasteiger partial charge is 0.356 e. The van der Waals surface area contributed by atoms with Gasteiger partial charge in [0.25, 0.3) is 0 Å². The van der Waals surface area contributed by atoms with Gasteiger partial charge in [-0.2, -0.15) is 0 Å². The van der Waals surface area contributed by atoms with Crippen molar-refractivity contribution in [2.24, 2.45) is 5.92 Å². The van der Waals surface area contributed by atoms with Gasteiger partial charge in [0.1, 0.15) is 0 Å². The smallest absolute Gasteiger partial charge is 0.223 e. The lowest BCUT2D eigenvalue weighted by Crippen LogP contribution is -2.34. The van der Waals surface area contributed by atoms with E-state index in [0.717, 1.165) is 26.1 Å². The van der Waals surface area contributed by atoms with Crippen LogP contribution in [0.15, 0.2) is 0 Å². The summed E-state index contributed by atoms with van der Waals surface area (Å²) in [5, 5.41) is 6.30. The summed E-state index contributed by atoms with van der Waals surface area (Å²) in [6.07, 6.45) is 4.14. The highest BCUT2D eigenvalue weighted by Gasteiger charge is 2.14. The maximum atomic E-state index is 11.8. The van der Waals surface area contributed by atoms with Crippen molar-refractivity contribution >= 4 is 24.2 Å². The average molecular weight is 320 g/mol. The van der Waals surface area contributed by atoms with Crippen molar-refractivity contribution < 1.29 is 9.59 Å². The van der Waals surface area contributed by atoms with Crippen LogP contribution in [-0.2, 0) is 9.59 Å². The first kappa shape index (κ1) is 20.2. The summed E-state index contributed by atoms with van der Waals surface area (Å²) in [7, 11) is 0. The van der Waals surface area contributed by atoms with Crippen molar-refractivity contribution in [2.75, 3.05) is 32.7 Å². The fraction of sp³-hybridized carbons (Fsp3) is 0.867. The Labute approximate surface area is 134 Å². The van der Waals surface area contributed by atoms with Gasteiger partial charge in [-0.1, -0.05) is 0 Å². The summed E-state index contributed by atoms with van der Waals surface area (Å²) < 4.78 is 0. The molecule has 0 aromatic heterocycles. The zero-order chi connectivity index (χ0) is 14.8. The van der Waals surface area contributed by atoms with E-state index in [2.05, 4.69) is 10.6 Å². The number of amides is 2. The maximum absolute atomic E-state index is 11.8. The lowest BCUT2D eigenvalue weighted by atomic mass is 9.96. The molecule has 1 unspecified atom stereocenters. The molecule has 1 atom stereocenters. The average Bonchev–Trinajstić information content (AvgIpc) is 2.47. The van der Waals surface area contributed by atoms with Gasteiger partial charge in [0.05, 0.1) is 0 Å². The van der Waals surface area contributed by atoms with E-state index in [9.17, 15) is 9.59 Å². The Balaban J connectivity index is 0.00000400. The molecule has 1 rings (SSSR count). The van der Waals surface area contributed by atoms with Gasteiger partial charge in [-0.05, 0) is 52.1 Å². The predicted molar refractivity (Wildman–Crippen MR) is 87.6 cm³/mol. The zero-order valence-corrected chi connectivity index (χ0v) is 14.1. The first-order chi connectivity index (χ1) is 9.67. The van der Waals surface area contributed by atoms with Crippen LogP contribution in [0.3, 0.4) is 0 Å². The van der Waals surface area contributed by atoms with Crippen LogP contribution >= 0.6 is 12.4 Å². The Morgan fingerprint density at radius 1 is 1.24 bits per heavy atom. The van der Waals surface area contributed by atoms with Crippen molar-refractivity contribution in [2.45, 2.75) is 46.0 Å². The van der Waals surface area contributed by atoms with Gasteiger partial charge in [-0.3, -0.25) is 9.59 Å². The lowest BCUT2D eigenvalue weighted by Gasteiger charge is -2.22. The van der Waals surface area contributed by atoms with Crippen LogP contribution in [0.1, 0.15) is 46.0 Å². The molecular formula is C15H30ClN3O2. The van der Waals surface area contributed by atoms with Crippen molar-refractivity contribution in [3.05, 3.63) is 0 Å².